The third-order valence-electron chi connectivity index (χ3n) is 15.1. The minimum Gasteiger partial charge on any atom is -0.508 e. The fourth-order valence-electron chi connectivity index (χ4n) is 10.1. The molecule has 0 radical (unpaired) electrons. The predicted octanol–water partition coefficient (Wildman–Crippen LogP) is 0.101. The van der Waals surface area contributed by atoms with Crippen molar-refractivity contribution >= 4 is 88.2 Å². The number of unbranched alkanes of at least 4 members (excludes halogenated alkanes) is 1. The number of nitrogens with two attached hydrogens (primary N) is 6. The van der Waals surface area contributed by atoms with E-state index in [1.165, 1.54) is 43.0 Å². The number of rotatable bonds is 49. The number of aliphatic imine (C=N–C) groups is 2. The van der Waals surface area contributed by atoms with Crippen LogP contribution in [0.1, 0.15) is 150 Å². The van der Waals surface area contributed by atoms with Gasteiger partial charge in [0.05, 0.1) is 55.1 Å². The van der Waals surface area contributed by atoms with E-state index in [-0.39, 0.29) is 113 Å². The number of aromatic hydroxyl groups is 1. The first-order chi connectivity index (χ1) is 42.4. The van der Waals surface area contributed by atoms with Crippen LogP contribution in [-0.2, 0) is 59.2 Å². The summed E-state index contributed by atoms with van der Waals surface area (Å²) in [6, 6.07) is -0.944. The number of nitrogens with zero attached hydrogens (tertiary/aromatic N) is 2. The van der Waals surface area contributed by atoms with E-state index in [4.69, 9.17) is 34.4 Å². The van der Waals surface area contributed by atoms with Crippen LogP contribution in [0.2, 0.25) is 0 Å². The molecule has 0 saturated carbocycles. The number of guanidine groups is 2. The Balaban J connectivity index is 3.61. The maximum atomic E-state index is 14.5. The van der Waals surface area contributed by atoms with Gasteiger partial charge in [0.2, 0.25) is 35.4 Å². The molecule has 1 aromatic rings. The number of aliphatic hydroxyl groups excluding tert-OH is 2. The molecule has 0 fully saturated rings. The first-order valence-electron chi connectivity index (χ1n) is 30.9. The maximum Gasteiger partial charge on any atom is 0.305 e. The zero-order chi connectivity index (χ0) is 68.2. The van der Waals surface area contributed by atoms with Crippen LogP contribution in [0, 0.1) is 41.4 Å². The monoisotopic (exact) mass is 1290 g/mol. The molecule has 1 aromatic carbocycles. The average Bonchev–Trinajstić information content (AvgIpc) is 1.31. The van der Waals surface area contributed by atoms with Crippen molar-refractivity contribution in [2.45, 2.75) is 187 Å². The quantitative estimate of drug-likeness (QED) is 0.0234. The summed E-state index contributed by atoms with van der Waals surface area (Å²) in [4.78, 5) is 160. The SMILES string of the molecule is CC[C@@H](CC(C)C)C(=O)N[C@@H](CCCN=C(N)N)C(=O)C[C@@H](CO)C(=O)N[C@@H](CCSC)C(=O)C[C@H](C(=O)N[C@@H](CC(=O)O)C(=O)C[C@@H](CCCCN)C(=O)N[C@@H](Cc1ccc(O)cc1)C(=O)C[C@@H](CCCN=C(N)N)C(=O)N[C@@H](CC(C)C)C(N)=O)[C@@H](C)O. The van der Waals surface area contributed by atoms with Crippen molar-refractivity contribution in [2.24, 2.45) is 85.8 Å². The van der Waals surface area contributed by atoms with Gasteiger partial charge in [-0.15, -0.1) is 0 Å². The number of carbonyl (C=O) groups excluding carboxylic acids is 10. The first-order valence-corrected chi connectivity index (χ1v) is 32.3. The summed E-state index contributed by atoms with van der Waals surface area (Å²) < 4.78 is 0. The minimum absolute atomic E-state index is 0.00866. The van der Waals surface area contributed by atoms with Crippen molar-refractivity contribution in [3.8, 4) is 5.75 Å². The summed E-state index contributed by atoms with van der Waals surface area (Å²) >= 11 is 1.31. The molecule has 0 aliphatic heterocycles. The van der Waals surface area contributed by atoms with Crippen molar-refractivity contribution in [3.05, 3.63) is 29.8 Å². The molecule has 90 heavy (non-hydrogen) atoms. The molecule has 0 heterocycles. The van der Waals surface area contributed by atoms with Crippen molar-refractivity contribution in [2.75, 3.05) is 38.2 Å². The van der Waals surface area contributed by atoms with Crippen LogP contribution < -0.4 is 61.0 Å². The molecule has 508 valence electrons. The van der Waals surface area contributed by atoms with Gasteiger partial charge in [0, 0.05) is 56.5 Å². The molecule has 0 unspecified atom stereocenters. The van der Waals surface area contributed by atoms with Crippen molar-refractivity contribution < 1.29 is 73.2 Å². The largest absolute Gasteiger partial charge is 0.508 e. The fraction of sp³-hybridized carbons (Fsp3) is 0.689. The van der Waals surface area contributed by atoms with Gasteiger partial charge in [-0.25, -0.2) is 0 Å². The molecule has 11 atom stereocenters. The highest BCUT2D eigenvalue weighted by Crippen LogP contribution is 2.23. The lowest BCUT2D eigenvalue weighted by molar-refractivity contribution is -0.142. The van der Waals surface area contributed by atoms with Gasteiger partial charge in [-0.2, -0.15) is 11.8 Å². The summed E-state index contributed by atoms with van der Waals surface area (Å²) in [5.74, 6) is -15.0. The zero-order valence-corrected chi connectivity index (χ0v) is 54.2. The van der Waals surface area contributed by atoms with E-state index in [9.17, 15) is 73.2 Å². The summed E-state index contributed by atoms with van der Waals surface area (Å²) in [6.07, 6.45) is -0.954. The standard InChI is InChI=1S/C61H103N13O15S/c1-8-38(25-34(2)3)55(85)70-44(15-12-23-69-61(66)67)49(78)30-41(33-75)58(88)71-45(20-24-90-7)52(81)31-43(36(6)76)59(89)73-47(32-53(82)83)51(80)28-39(13-9-10-21-62)56(86)72-46(27-37-16-18-42(77)19-17-37)50(79)29-40(14-11-22-68-60(64)65)57(87)74-48(54(63)84)26-35(4)5/h16-19,34-36,38-41,43-48,75-77H,8-15,20-33,62H2,1-7H3,(H2,63,84)(H,70,85)(H,71,88)(H,72,86)(H,73,89)(H,74,87)(H,82,83)(H4,64,65,68)(H4,66,67,69)/t36-,38+,39-,40-,41+,43+,44+,45+,46+,47+,48+/m1/s1. The van der Waals surface area contributed by atoms with Gasteiger partial charge < -0.3 is 81.4 Å². The van der Waals surface area contributed by atoms with E-state index >= 15 is 0 Å². The topological polar surface area (TPSA) is 510 Å². The molecular formula is C61H103N13O15S. The molecule has 6 amide bonds. The van der Waals surface area contributed by atoms with Crippen LogP contribution >= 0.6 is 11.8 Å². The van der Waals surface area contributed by atoms with E-state index in [1.807, 2.05) is 34.6 Å². The Morgan fingerprint density at radius 1 is 0.533 bits per heavy atom. The second-order valence-corrected chi connectivity index (χ2v) is 24.8. The van der Waals surface area contributed by atoms with Gasteiger partial charge in [0.15, 0.2) is 35.1 Å². The minimum atomic E-state index is -1.83. The maximum absolute atomic E-state index is 14.5. The van der Waals surface area contributed by atoms with Crippen molar-refractivity contribution in [1.82, 2.24) is 26.6 Å². The number of hydrogen-bond acceptors (Lipinski definition) is 18. The number of benzene rings is 1. The fourth-order valence-corrected chi connectivity index (χ4v) is 10.5. The van der Waals surface area contributed by atoms with Gasteiger partial charge in [-0.1, -0.05) is 53.2 Å². The number of primary amides is 1. The Morgan fingerprint density at radius 2 is 0.978 bits per heavy atom. The number of phenols is 1. The highest BCUT2D eigenvalue weighted by Gasteiger charge is 2.38. The third kappa shape index (κ3) is 32.5. The zero-order valence-electron chi connectivity index (χ0n) is 53.4. The van der Waals surface area contributed by atoms with Gasteiger partial charge in [-0.3, -0.25) is 62.7 Å². The normalized spacial score (nSPS) is 15.0. The molecule has 21 N–H and O–H groups in total. The number of amides is 6. The van der Waals surface area contributed by atoms with E-state index in [1.54, 1.807) is 6.26 Å². The van der Waals surface area contributed by atoms with Crippen molar-refractivity contribution in [3.63, 3.8) is 0 Å². The second-order valence-electron chi connectivity index (χ2n) is 23.8. The summed E-state index contributed by atoms with van der Waals surface area (Å²) in [5.41, 5.74) is 33.9. The highest BCUT2D eigenvalue weighted by atomic mass is 32.2. The molecule has 1 rings (SSSR count). The molecular weight excluding hydrogens is 1190 g/mol. The van der Waals surface area contributed by atoms with Gasteiger partial charge in [-0.05, 0) is 126 Å². The number of phenolic OH excluding ortho intramolecular Hbond substituents is 1. The number of carboxylic acid groups (broad SMARTS) is 1. The summed E-state index contributed by atoms with van der Waals surface area (Å²) in [6.45, 7) is 10.2. The highest BCUT2D eigenvalue weighted by molar-refractivity contribution is 7.98. The Labute approximate surface area is 532 Å². The average molecular weight is 1290 g/mol. The van der Waals surface area contributed by atoms with E-state index in [0.29, 0.717) is 30.6 Å². The van der Waals surface area contributed by atoms with Crippen molar-refractivity contribution in [1.29, 1.82) is 0 Å². The molecule has 0 aliphatic rings. The summed E-state index contributed by atoms with van der Waals surface area (Å²) in [7, 11) is 0. The van der Waals surface area contributed by atoms with E-state index in [0.717, 1.165) is 0 Å². The molecule has 0 saturated heterocycles. The van der Waals surface area contributed by atoms with Gasteiger partial charge >= 0.3 is 5.97 Å². The molecule has 28 nitrogen and oxygen atoms in total. The number of aliphatic carboxylic acids is 1. The Bertz CT molecular complexity index is 2540. The van der Waals surface area contributed by atoms with E-state index in [2.05, 4.69) is 36.6 Å². The van der Waals surface area contributed by atoms with Crippen LogP contribution in [0.5, 0.6) is 5.75 Å². The number of carbonyl (C=O) groups is 11. The number of carboxylic acids is 1. The molecule has 0 spiro atoms. The lowest BCUT2D eigenvalue weighted by Crippen LogP contribution is -2.51. The number of aliphatic hydroxyl groups is 2. The van der Waals surface area contributed by atoms with E-state index < -0.39 is 163 Å². The smallest absolute Gasteiger partial charge is 0.305 e. The third-order valence-corrected chi connectivity index (χ3v) is 15.8. The van der Waals surface area contributed by atoms with Crippen LogP contribution in [0.4, 0.5) is 0 Å². The first kappa shape index (κ1) is 80.8. The summed E-state index contributed by atoms with van der Waals surface area (Å²) in [5, 5.41) is 54.7. The molecule has 0 bridgehead atoms. The number of nitrogens with one attached hydrogen (secondary N) is 5. The van der Waals surface area contributed by atoms with Crippen LogP contribution in [0.3, 0.4) is 0 Å². The number of hydrogen-bond donors (Lipinski definition) is 15. The second kappa shape index (κ2) is 43.5. The number of ketones is 4. The van der Waals surface area contributed by atoms with Crippen LogP contribution in [-0.4, -0.2) is 171 Å². The lowest BCUT2D eigenvalue weighted by atomic mass is 9.88. The Hall–Kier alpha value is -7.24. The van der Waals surface area contributed by atoms with Crippen LogP contribution in [0.15, 0.2) is 34.3 Å². The molecule has 29 heteroatoms. The number of Topliss-reactive ketones (excluding diaryl/α,β-unsaturated/α-hetero) is 4. The Morgan fingerprint density at radius 3 is 1.46 bits per heavy atom. The van der Waals surface area contributed by atoms with Gasteiger partial charge in [0.1, 0.15) is 11.8 Å². The molecule has 0 aliphatic carbocycles. The number of thioether (sulfide) groups is 1. The predicted molar refractivity (Wildman–Crippen MR) is 343 cm³/mol. The van der Waals surface area contributed by atoms with Crippen LogP contribution in [0.25, 0.3) is 0 Å². The van der Waals surface area contributed by atoms with Gasteiger partial charge in [0.25, 0.3) is 0 Å². The Kier molecular flexibility index (Phi) is 39.0. The lowest BCUT2D eigenvalue weighted by Gasteiger charge is -2.27. The molecule has 0 aromatic heterocycles.